The second-order valence-electron chi connectivity index (χ2n) is 3.43. The smallest absolute Gasteiger partial charge is 0.217 e. The highest BCUT2D eigenvalue weighted by atomic mass is 16.7. The van der Waals surface area contributed by atoms with Crippen LogP contribution in [0.25, 0.3) is 0 Å². The van der Waals surface area contributed by atoms with Crippen molar-refractivity contribution in [3.63, 3.8) is 0 Å². The Labute approximate surface area is 86.8 Å². The van der Waals surface area contributed by atoms with Gasteiger partial charge in [-0.1, -0.05) is 20.3 Å². The summed E-state index contributed by atoms with van der Waals surface area (Å²) in [6.45, 7) is 8.89. The van der Waals surface area contributed by atoms with Gasteiger partial charge in [0.2, 0.25) is 6.29 Å². The Balaban J connectivity index is 4.00. The Bertz CT molecular complexity index is 151. The van der Waals surface area contributed by atoms with E-state index in [2.05, 4.69) is 13.8 Å². The maximum Gasteiger partial charge on any atom is 0.217 e. The minimum absolute atomic E-state index is 0.0584. The summed E-state index contributed by atoms with van der Waals surface area (Å²) in [5.74, 6) is 0.467. The molecule has 0 amide bonds. The topological polar surface area (TPSA) is 35.5 Å². The lowest BCUT2D eigenvalue weighted by molar-refractivity contribution is -0.168. The molecule has 0 aliphatic heterocycles. The lowest BCUT2D eigenvalue weighted by atomic mass is 10.0. The molecule has 0 saturated carbocycles. The van der Waals surface area contributed by atoms with E-state index >= 15 is 0 Å². The van der Waals surface area contributed by atoms with Gasteiger partial charge in [0.05, 0.1) is 0 Å². The maximum atomic E-state index is 11.6. The number of rotatable bonds is 8. The zero-order valence-electron chi connectivity index (χ0n) is 9.71. The minimum Gasteiger partial charge on any atom is -0.346 e. The van der Waals surface area contributed by atoms with Crippen LogP contribution in [0.3, 0.4) is 0 Å². The predicted molar refractivity (Wildman–Crippen MR) is 56.1 cm³/mol. The molecule has 0 saturated heterocycles. The van der Waals surface area contributed by atoms with Crippen molar-refractivity contribution in [3.05, 3.63) is 0 Å². The fourth-order valence-electron chi connectivity index (χ4n) is 1.12. The summed E-state index contributed by atoms with van der Waals surface area (Å²) in [5.41, 5.74) is 0. The standard InChI is InChI=1S/C11H22O3/c1-5-9(4)8-10(12)11(13-6-2)14-7-3/h9,11H,5-8H2,1-4H3. The number of Topliss-reactive ketones (excluding diaryl/α,β-unsaturated/α-hetero) is 1. The molecule has 0 aromatic carbocycles. The fraction of sp³-hybridized carbons (Fsp3) is 0.909. The van der Waals surface area contributed by atoms with Crippen LogP contribution in [-0.4, -0.2) is 25.3 Å². The van der Waals surface area contributed by atoms with Crippen molar-refractivity contribution in [3.8, 4) is 0 Å². The number of ketones is 1. The van der Waals surface area contributed by atoms with E-state index in [1.165, 1.54) is 0 Å². The molecule has 0 aliphatic carbocycles. The zero-order valence-corrected chi connectivity index (χ0v) is 9.71. The van der Waals surface area contributed by atoms with Gasteiger partial charge in [0.25, 0.3) is 0 Å². The Morgan fingerprint density at radius 2 is 1.64 bits per heavy atom. The van der Waals surface area contributed by atoms with E-state index in [0.717, 1.165) is 6.42 Å². The van der Waals surface area contributed by atoms with Crippen LogP contribution in [-0.2, 0) is 14.3 Å². The maximum absolute atomic E-state index is 11.6. The van der Waals surface area contributed by atoms with Gasteiger partial charge in [-0.05, 0) is 19.8 Å². The van der Waals surface area contributed by atoms with Gasteiger partial charge in [0.15, 0.2) is 5.78 Å². The van der Waals surface area contributed by atoms with E-state index in [1.54, 1.807) is 0 Å². The summed E-state index contributed by atoms with van der Waals surface area (Å²) < 4.78 is 10.4. The van der Waals surface area contributed by atoms with E-state index < -0.39 is 6.29 Å². The highest BCUT2D eigenvalue weighted by molar-refractivity contribution is 5.82. The van der Waals surface area contributed by atoms with Gasteiger partial charge in [-0.3, -0.25) is 4.79 Å². The summed E-state index contributed by atoms with van der Waals surface area (Å²) >= 11 is 0. The van der Waals surface area contributed by atoms with E-state index in [9.17, 15) is 4.79 Å². The molecule has 1 atom stereocenters. The molecule has 0 radical (unpaired) electrons. The quantitative estimate of drug-likeness (QED) is 0.567. The number of hydrogen-bond acceptors (Lipinski definition) is 3. The van der Waals surface area contributed by atoms with Crippen LogP contribution in [0, 0.1) is 5.92 Å². The number of carbonyl (C=O) groups excluding carboxylic acids is 1. The van der Waals surface area contributed by atoms with Crippen molar-refractivity contribution in [1.82, 2.24) is 0 Å². The van der Waals surface area contributed by atoms with Gasteiger partial charge in [0, 0.05) is 19.6 Å². The first-order valence-corrected chi connectivity index (χ1v) is 5.41. The molecular weight excluding hydrogens is 180 g/mol. The number of hydrogen-bond donors (Lipinski definition) is 0. The molecule has 14 heavy (non-hydrogen) atoms. The normalized spacial score (nSPS) is 13.2. The van der Waals surface area contributed by atoms with Crippen LogP contribution in [0.1, 0.15) is 40.5 Å². The highest BCUT2D eigenvalue weighted by Crippen LogP contribution is 2.10. The van der Waals surface area contributed by atoms with Crippen LogP contribution in [0.4, 0.5) is 0 Å². The molecule has 1 unspecified atom stereocenters. The minimum atomic E-state index is -0.654. The second-order valence-corrected chi connectivity index (χ2v) is 3.43. The third-order valence-corrected chi connectivity index (χ3v) is 2.15. The average molecular weight is 202 g/mol. The molecule has 0 spiro atoms. The van der Waals surface area contributed by atoms with Crippen molar-refractivity contribution < 1.29 is 14.3 Å². The lowest BCUT2D eigenvalue weighted by Gasteiger charge is -2.17. The summed E-state index contributed by atoms with van der Waals surface area (Å²) in [6, 6.07) is 0. The monoisotopic (exact) mass is 202 g/mol. The first-order chi connectivity index (χ1) is 6.65. The van der Waals surface area contributed by atoms with E-state index in [-0.39, 0.29) is 5.78 Å². The molecule has 84 valence electrons. The Morgan fingerprint density at radius 3 is 2.00 bits per heavy atom. The highest BCUT2D eigenvalue weighted by Gasteiger charge is 2.20. The first kappa shape index (κ1) is 13.6. The van der Waals surface area contributed by atoms with Crippen LogP contribution in [0.15, 0.2) is 0 Å². The first-order valence-electron chi connectivity index (χ1n) is 5.41. The lowest BCUT2D eigenvalue weighted by Crippen LogP contribution is -2.28. The van der Waals surface area contributed by atoms with Gasteiger partial charge >= 0.3 is 0 Å². The molecule has 0 bridgehead atoms. The SMILES string of the molecule is CCOC(OCC)C(=O)CC(C)CC. The summed E-state index contributed by atoms with van der Waals surface area (Å²) in [6.07, 6.45) is 0.900. The predicted octanol–water partition coefficient (Wildman–Crippen LogP) is 2.39. The van der Waals surface area contributed by atoms with Crippen molar-refractivity contribution in [1.29, 1.82) is 0 Å². The zero-order chi connectivity index (χ0) is 11.0. The summed E-state index contributed by atoms with van der Waals surface area (Å²) in [7, 11) is 0. The van der Waals surface area contributed by atoms with Crippen molar-refractivity contribution >= 4 is 5.78 Å². The van der Waals surface area contributed by atoms with Gasteiger partial charge in [-0.2, -0.15) is 0 Å². The third-order valence-electron chi connectivity index (χ3n) is 2.15. The van der Waals surface area contributed by atoms with Gasteiger partial charge in [-0.25, -0.2) is 0 Å². The summed E-state index contributed by atoms with van der Waals surface area (Å²) in [4.78, 5) is 11.6. The van der Waals surface area contributed by atoms with Gasteiger partial charge in [0.1, 0.15) is 0 Å². The van der Waals surface area contributed by atoms with Crippen LogP contribution in [0.5, 0.6) is 0 Å². The molecule has 3 nitrogen and oxygen atoms in total. The molecule has 0 fully saturated rings. The number of ether oxygens (including phenoxy) is 2. The van der Waals surface area contributed by atoms with Crippen molar-refractivity contribution in [2.75, 3.05) is 13.2 Å². The molecule has 0 rings (SSSR count). The molecule has 0 aromatic heterocycles. The molecule has 0 heterocycles. The molecule has 0 aromatic rings. The van der Waals surface area contributed by atoms with Crippen molar-refractivity contribution in [2.24, 2.45) is 5.92 Å². The summed E-state index contributed by atoms with van der Waals surface area (Å²) in [5, 5.41) is 0. The largest absolute Gasteiger partial charge is 0.346 e. The van der Waals surface area contributed by atoms with Gasteiger partial charge < -0.3 is 9.47 Å². The number of carbonyl (C=O) groups is 1. The van der Waals surface area contributed by atoms with Crippen LogP contribution >= 0.6 is 0 Å². The average Bonchev–Trinajstić information content (AvgIpc) is 2.17. The Hall–Kier alpha value is -0.410. The second kappa shape index (κ2) is 7.94. The third kappa shape index (κ3) is 5.35. The molecule has 0 N–H and O–H groups in total. The molecular formula is C11H22O3. The van der Waals surface area contributed by atoms with E-state index in [4.69, 9.17) is 9.47 Å². The van der Waals surface area contributed by atoms with Crippen LogP contribution in [0.2, 0.25) is 0 Å². The van der Waals surface area contributed by atoms with Crippen molar-refractivity contribution in [2.45, 2.75) is 46.8 Å². The molecule has 0 aliphatic rings. The fourth-order valence-corrected chi connectivity index (χ4v) is 1.12. The Morgan fingerprint density at radius 1 is 1.14 bits per heavy atom. The van der Waals surface area contributed by atoms with E-state index in [1.807, 2.05) is 13.8 Å². The Kier molecular flexibility index (Phi) is 7.71. The van der Waals surface area contributed by atoms with Gasteiger partial charge in [-0.15, -0.1) is 0 Å². The molecule has 3 heteroatoms. The van der Waals surface area contributed by atoms with E-state index in [0.29, 0.717) is 25.6 Å². The van der Waals surface area contributed by atoms with Crippen LogP contribution < -0.4 is 0 Å².